The number of nitrogens with zero attached hydrogens (tertiary/aromatic N) is 6. The minimum atomic E-state index is 0.388. The first-order valence-corrected chi connectivity index (χ1v) is 9.29. The van der Waals surface area contributed by atoms with Crippen LogP contribution >= 0.6 is 0 Å². The number of aryl methyl sites for hydroxylation is 1. The third kappa shape index (κ3) is 8.33. The third-order valence-electron chi connectivity index (χ3n) is 3.91. The van der Waals surface area contributed by atoms with Crippen LogP contribution < -0.4 is 16.7 Å². The molecular formula is C20H30N8O2. The zero-order valence-corrected chi connectivity index (χ0v) is 18.1. The van der Waals surface area contributed by atoms with Crippen molar-refractivity contribution in [3.05, 3.63) is 53.6 Å². The summed E-state index contributed by atoms with van der Waals surface area (Å²) in [4.78, 5) is 17.3. The number of hydrogen-bond acceptors (Lipinski definition) is 9. The van der Waals surface area contributed by atoms with Gasteiger partial charge in [0.05, 0.1) is 11.4 Å². The number of hydrazine groups is 2. The van der Waals surface area contributed by atoms with Gasteiger partial charge in [0.1, 0.15) is 12.9 Å². The predicted molar refractivity (Wildman–Crippen MR) is 119 cm³/mol. The van der Waals surface area contributed by atoms with Crippen LogP contribution in [0.15, 0.2) is 47.1 Å². The van der Waals surface area contributed by atoms with E-state index in [1.807, 2.05) is 46.0 Å². The summed E-state index contributed by atoms with van der Waals surface area (Å²) >= 11 is 0. The van der Waals surface area contributed by atoms with Gasteiger partial charge in [0.15, 0.2) is 0 Å². The highest BCUT2D eigenvalue weighted by molar-refractivity contribution is 5.98. The van der Waals surface area contributed by atoms with Crippen LogP contribution in [0.3, 0.4) is 0 Å². The van der Waals surface area contributed by atoms with E-state index < -0.39 is 0 Å². The normalized spacial score (nSPS) is 11.3. The molecule has 0 aliphatic carbocycles. The van der Waals surface area contributed by atoms with Crippen LogP contribution in [0.2, 0.25) is 0 Å². The maximum absolute atomic E-state index is 9.31. The first-order chi connectivity index (χ1) is 14.3. The lowest BCUT2D eigenvalue weighted by atomic mass is 10.1. The van der Waals surface area contributed by atoms with Crippen molar-refractivity contribution in [2.24, 2.45) is 21.9 Å². The van der Waals surface area contributed by atoms with E-state index in [9.17, 15) is 4.79 Å². The number of rotatable bonds is 7. The van der Waals surface area contributed by atoms with Crippen molar-refractivity contribution in [3.63, 3.8) is 0 Å². The number of ether oxygens (including phenoxy) is 1. The van der Waals surface area contributed by atoms with Gasteiger partial charge >= 0.3 is 0 Å². The average molecular weight is 415 g/mol. The van der Waals surface area contributed by atoms with Crippen molar-refractivity contribution >= 4 is 23.7 Å². The number of amides is 1. The molecule has 0 spiro atoms. The quantitative estimate of drug-likeness (QED) is 0.176. The van der Waals surface area contributed by atoms with Gasteiger partial charge in [-0.15, -0.1) is 5.10 Å². The van der Waals surface area contributed by atoms with Gasteiger partial charge in [0.25, 0.3) is 0 Å². The summed E-state index contributed by atoms with van der Waals surface area (Å²) in [6.07, 6.45) is 6.05. The van der Waals surface area contributed by atoms with E-state index in [2.05, 4.69) is 20.2 Å². The second kappa shape index (κ2) is 13.0. The molecule has 0 atom stereocenters. The molecule has 4 N–H and O–H groups in total. The molecule has 0 saturated heterocycles. The van der Waals surface area contributed by atoms with Crippen molar-refractivity contribution in [1.29, 1.82) is 0 Å². The van der Waals surface area contributed by atoms with E-state index in [0.717, 1.165) is 33.1 Å². The summed E-state index contributed by atoms with van der Waals surface area (Å²) in [7, 11) is 3.27. The molecule has 2 rings (SSSR count). The van der Waals surface area contributed by atoms with E-state index in [4.69, 9.17) is 16.4 Å². The maximum atomic E-state index is 9.31. The van der Waals surface area contributed by atoms with Crippen LogP contribution in [0.1, 0.15) is 37.0 Å². The Balaban J connectivity index is 0.000000804. The molecule has 1 amide bonds. The first kappa shape index (κ1) is 24.7. The maximum Gasteiger partial charge on any atom is 0.223 e. The Hall–Kier alpha value is -3.37. The number of aromatic nitrogens is 2. The van der Waals surface area contributed by atoms with Crippen molar-refractivity contribution in [2.45, 2.75) is 33.8 Å². The molecule has 0 aliphatic rings. The lowest BCUT2D eigenvalue weighted by Crippen LogP contribution is -2.26. The van der Waals surface area contributed by atoms with Crippen molar-refractivity contribution in [3.8, 4) is 0 Å². The fraction of sp³-hybridized carbons (Fsp3) is 0.350. The summed E-state index contributed by atoms with van der Waals surface area (Å²) in [6.45, 7) is 6.26. The van der Waals surface area contributed by atoms with Crippen LogP contribution in [0, 0.1) is 6.92 Å². The van der Waals surface area contributed by atoms with Gasteiger partial charge < -0.3 is 9.75 Å². The average Bonchev–Trinajstić information content (AvgIpc) is 2.75. The molecule has 1 aromatic heterocycles. The Morgan fingerprint density at radius 2 is 1.83 bits per heavy atom. The zero-order valence-electron chi connectivity index (χ0n) is 18.1. The number of benzene rings is 1. The number of hydrogen-bond donors (Lipinski definition) is 2. The standard InChI is InChI=1S/C18H24N6O.C2H6N2O/c1-5-18(23-22-14(3)15-9-20-12-21-10-15)25-11-16-13(2)7-6-8-17(16)24(4)19;1-4(3)2-5/h6-10,12H,5,11,19H2,1-4H3;2H,3H2,1H3. The van der Waals surface area contributed by atoms with Crippen molar-refractivity contribution in [1.82, 2.24) is 15.0 Å². The fourth-order valence-electron chi connectivity index (χ4n) is 2.24. The summed E-state index contributed by atoms with van der Waals surface area (Å²) in [5, 5.41) is 11.0. The van der Waals surface area contributed by atoms with Gasteiger partial charge in [-0.25, -0.2) is 21.7 Å². The van der Waals surface area contributed by atoms with Crippen LogP contribution in [0.5, 0.6) is 0 Å². The molecule has 10 heteroatoms. The Kier molecular flexibility index (Phi) is 10.7. The Morgan fingerprint density at radius 3 is 2.37 bits per heavy atom. The number of carbonyl (C=O) groups is 1. The second-order valence-corrected chi connectivity index (χ2v) is 6.40. The highest BCUT2D eigenvalue weighted by Gasteiger charge is 2.09. The minimum Gasteiger partial charge on any atom is -0.475 e. The largest absolute Gasteiger partial charge is 0.475 e. The molecule has 0 unspecified atom stereocenters. The van der Waals surface area contributed by atoms with Gasteiger partial charge in [-0.3, -0.25) is 9.80 Å². The number of carbonyl (C=O) groups excluding carboxylic acids is 1. The van der Waals surface area contributed by atoms with E-state index in [1.165, 1.54) is 13.4 Å². The molecule has 0 fully saturated rings. The van der Waals surface area contributed by atoms with E-state index >= 15 is 0 Å². The summed E-state index contributed by atoms with van der Waals surface area (Å²) in [5.41, 5.74) is 4.63. The monoisotopic (exact) mass is 414 g/mol. The number of anilines is 1. The highest BCUT2D eigenvalue weighted by Crippen LogP contribution is 2.22. The summed E-state index contributed by atoms with van der Waals surface area (Å²) in [5.74, 6) is 11.2. The third-order valence-corrected chi connectivity index (χ3v) is 3.91. The summed E-state index contributed by atoms with van der Waals surface area (Å²) < 4.78 is 5.86. The molecule has 0 radical (unpaired) electrons. The predicted octanol–water partition coefficient (Wildman–Crippen LogP) is 1.79. The van der Waals surface area contributed by atoms with Crippen LogP contribution in [0.4, 0.5) is 5.69 Å². The molecule has 0 saturated carbocycles. The van der Waals surface area contributed by atoms with E-state index in [0.29, 0.717) is 25.3 Å². The molecule has 0 bridgehead atoms. The molecule has 30 heavy (non-hydrogen) atoms. The second-order valence-electron chi connectivity index (χ2n) is 6.40. The van der Waals surface area contributed by atoms with Gasteiger partial charge in [0, 0.05) is 44.0 Å². The first-order valence-electron chi connectivity index (χ1n) is 9.29. The molecule has 0 aliphatic heterocycles. The molecule has 2 aromatic rings. The topological polar surface area (TPSA) is 135 Å². The van der Waals surface area contributed by atoms with Crippen molar-refractivity contribution in [2.75, 3.05) is 19.1 Å². The SMILES string of the molecule is CCC(=NN=C(C)c1cncnc1)OCc1c(C)cccc1N(C)N.CN(N)C=O. The molecule has 10 nitrogen and oxygen atoms in total. The van der Waals surface area contributed by atoms with Crippen LogP contribution in [0.25, 0.3) is 0 Å². The molecular weight excluding hydrogens is 384 g/mol. The van der Waals surface area contributed by atoms with Gasteiger partial charge in [-0.1, -0.05) is 19.1 Å². The molecule has 1 heterocycles. The van der Waals surface area contributed by atoms with Crippen molar-refractivity contribution < 1.29 is 9.53 Å². The van der Waals surface area contributed by atoms with E-state index in [1.54, 1.807) is 17.4 Å². The Bertz CT molecular complexity index is 851. The smallest absolute Gasteiger partial charge is 0.223 e. The zero-order chi connectivity index (χ0) is 22.5. The Labute approximate surface area is 177 Å². The summed E-state index contributed by atoms with van der Waals surface area (Å²) in [6, 6.07) is 5.97. The molecule has 162 valence electrons. The van der Waals surface area contributed by atoms with Gasteiger partial charge in [-0.05, 0) is 25.5 Å². The molecule has 1 aromatic carbocycles. The lowest BCUT2D eigenvalue weighted by Gasteiger charge is -2.19. The lowest BCUT2D eigenvalue weighted by molar-refractivity contribution is -0.117. The Morgan fingerprint density at radius 1 is 1.20 bits per heavy atom. The minimum absolute atomic E-state index is 0.388. The van der Waals surface area contributed by atoms with E-state index in [-0.39, 0.29) is 0 Å². The van der Waals surface area contributed by atoms with Crippen LogP contribution in [-0.4, -0.2) is 47.1 Å². The van der Waals surface area contributed by atoms with Gasteiger partial charge in [-0.2, -0.15) is 5.10 Å². The fourth-order valence-corrected chi connectivity index (χ4v) is 2.24. The van der Waals surface area contributed by atoms with Crippen LogP contribution in [-0.2, 0) is 16.1 Å². The number of nitrogens with two attached hydrogens (primary N) is 2. The van der Waals surface area contributed by atoms with Gasteiger partial charge in [0.2, 0.25) is 12.3 Å². The highest BCUT2D eigenvalue weighted by atomic mass is 16.5.